The molecule has 0 fully saturated rings. The van der Waals surface area contributed by atoms with Crippen molar-refractivity contribution in [3.63, 3.8) is 0 Å². The number of carbonyl (C=O) groups is 1. The number of amides is 1. The maximum atomic E-state index is 13.8. The summed E-state index contributed by atoms with van der Waals surface area (Å²) in [6.07, 6.45) is 4.82. The van der Waals surface area contributed by atoms with Gasteiger partial charge in [-0.3, -0.25) is 14.5 Å². The van der Waals surface area contributed by atoms with E-state index in [1.165, 1.54) is 42.6 Å². The first kappa shape index (κ1) is 23.8. The second-order valence-electron chi connectivity index (χ2n) is 7.55. The highest BCUT2D eigenvalue weighted by atomic mass is 32.2. The molecule has 0 aliphatic rings. The Balaban J connectivity index is 1.48. The molecular weight excluding hydrogens is 471 g/mol. The van der Waals surface area contributed by atoms with Crippen molar-refractivity contribution in [2.75, 3.05) is 10.0 Å². The molecule has 35 heavy (non-hydrogen) atoms. The zero-order valence-electron chi connectivity index (χ0n) is 18.6. The molecule has 0 atom stereocenters. The quantitative estimate of drug-likeness (QED) is 0.373. The van der Waals surface area contributed by atoms with E-state index >= 15 is 0 Å². The summed E-state index contributed by atoms with van der Waals surface area (Å²) in [7, 11) is -4.05. The van der Waals surface area contributed by atoms with Gasteiger partial charge in [-0.1, -0.05) is 12.1 Å². The smallest absolute Gasteiger partial charge is 0.261 e. The van der Waals surface area contributed by atoms with Crippen molar-refractivity contribution in [3.05, 3.63) is 108 Å². The van der Waals surface area contributed by atoms with E-state index in [-0.39, 0.29) is 28.6 Å². The minimum atomic E-state index is -4.05. The number of rotatable bonds is 8. The Labute approximate surface area is 201 Å². The molecule has 4 aromatic rings. The van der Waals surface area contributed by atoms with Crippen LogP contribution in [-0.2, 0) is 16.6 Å². The monoisotopic (exact) mass is 492 g/mol. The fourth-order valence-electron chi connectivity index (χ4n) is 3.10. The van der Waals surface area contributed by atoms with Crippen LogP contribution in [0, 0.1) is 12.7 Å². The van der Waals surface area contributed by atoms with Gasteiger partial charge in [0.25, 0.3) is 15.9 Å². The molecule has 178 valence electrons. The van der Waals surface area contributed by atoms with Crippen molar-refractivity contribution in [1.29, 1.82) is 0 Å². The van der Waals surface area contributed by atoms with Crippen molar-refractivity contribution in [2.24, 2.45) is 0 Å². The molecular formula is C25H21FN4O4S. The Morgan fingerprint density at radius 3 is 2.57 bits per heavy atom. The van der Waals surface area contributed by atoms with Gasteiger partial charge < -0.3 is 10.1 Å². The zero-order chi connectivity index (χ0) is 24.8. The molecule has 0 aliphatic heterocycles. The number of aryl methyl sites for hydroxylation is 1. The average Bonchev–Trinajstić information content (AvgIpc) is 2.85. The molecule has 4 rings (SSSR count). The number of hydrogen-bond acceptors (Lipinski definition) is 6. The van der Waals surface area contributed by atoms with Gasteiger partial charge in [0.15, 0.2) is 11.6 Å². The van der Waals surface area contributed by atoms with Crippen LogP contribution in [-0.4, -0.2) is 24.3 Å². The van der Waals surface area contributed by atoms with E-state index in [2.05, 4.69) is 20.0 Å². The molecule has 2 heterocycles. The van der Waals surface area contributed by atoms with E-state index < -0.39 is 21.7 Å². The van der Waals surface area contributed by atoms with Gasteiger partial charge in [0.2, 0.25) is 0 Å². The predicted molar refractivity (Wildman–Crippen MR) is 129 cm³/mol. The normalized spacial score (nSPS) is 11.0. The predicted octanol–water partition coefficient (Wildman–Crippen LogP) is 4.56. The molecule has 2 aromatic heterocycles. The molecule has 10 heteroatoms. The SMILES string of the molecule is Cc1ccc(S(=O)(=O)Nc2cccc(C(=O)Nc3ncccc3OCc3ccncc3)c2)cc1F. The lowest BCUT2D eigenvalue weighted by molar-refractivity contribution is 0.102. The first-order chi connectivity index (χ1) is 16.8. The summed E-state index contributed by atoms with van der Waals surface area (Å²) in [6, 6.07) is 16.5. The van der Waals surface area contributed by atoms with E-state index in [4.69, 9.17) is 4.74 Å². The highest BCUT2D eigenvalue weighted by Crippen LogP contribution is 2.24. The van der Waals surface area contributed by atoms with Gasteiger partial charge in [-0.15, -0.1) is 0 Å². The van der Waals surface area contributed by atoms with Crippen LogP contribution < -0.4 is 14.8 Å². The molecule has 2 aromatic carbocycles. The summed E-state index contributed by atoms with van der Waals surface area (Å²) >= 11 is 0. The molecule has 8 nitrogen and oxygen atoms in total. The number of ether oxygens (including phenoxy) is 1. The van der Waals surface area contributed by atoms with Crippen molar-refractivity contribution in [1.82, 2.24) is 9.97 Å². The number of carbonyl (C=O) groups excluding carboxylic acids is 1. The number of pyridine rings is 2. The molecule has 1 amide bonds. The molecule has 0 unspecified atom stereocenters. The first-order valence-corrected chi connectivity index (χ1v) is 12.0. The van der Waals surface area contributed by atoms with Crippen molar-refractivity contribution >= 4 is 27.4 Å². The van der Waals surface area contributed by atoms with E-state index in [1.807, 2.05) is 12.1 Å². The number of sulfonamides is 1. The molecule has 0 saturated heterocycles. The summed E-state index contributed by atoms with van der Waals surface area (Å²) in [6.45, 7) is 1.80. The Hall–Kier alpha value is -4.31. The summed E-state index contributed by atoms with van der Waals surface area (Å²) in [5.74, 6) is -0.554. The van der Waals surface area contributed by atoms with Gasteiger partial charge in [-0.25, -0.2) is 17.8 Å². The van der Waals surface area contributed by atoms with Crippen LogP contribution in [0.25, 0.3) is 0 Å². The van der Waals surface area contributed by atoms with Gasteiger partial charge >= 0.3 is 0 Å². The third-order valence-corrected chi connectivity index (χ3v) is 6.36. The van der Waals surface area contributed by atoms with Gasteiger partial charge in [0.05, 0.1) is 4.90 Å². The molecule has 2 N–H and O–H groups in total. The van der Waals surface area contributed by atoms with E-state index in [1.54, 1.807) is 31.5 Å². The number of aromatic nitrogens is 2. The number of nitrogens with one attached hydrogen (secondary N) is 2. The van der Waals surface area contributed by atoms with E-state index in [0.29, 0.717) is 11.3 Å². The first-order valence-electron chi connectivity index (χ1n) is 10.5. The Kier molecular flexibility index (Phi) is 7.02. The van der Waals surface area contributed by atoms with Gasteiger partial charge in [-0.05, 0) is 72.6 Å². The maximum absolute atomic E-state index is 13.8. The fourth-order valence-corrected chi connectivity index (χ4v) is 4.16. The summed E-state index contributed by atoms with van der Waals surface area (Å²) in [5.41, 5.74) is 1.57. The molecule has 0 bridgehead atoms. The molecule has 0 spiro atoms. The molecule has 0 radical (unpaired) electrons. The lowest BCUT2D eigenvalue weighted by Crippen LogP contribution is -2.16. The number of anilines is 2. The summed E-state index contributed by atoms with van der Waals surface area (Å²) in [4.78, 5) is 20.8. The minimum Gasteiger partial charge on any atom is -0.485 e. The van der Waals surface area contributed by atoms with Crippen LogP contribution in [0.4, 0.5) is 15.9 Å². The standard InChI is InChI=1S/C25H21FN4O4S/c1-17-7-8-21(15-22(17)26)35(32,33)30-20-5-2-4-19(14-20)25(31)29-24-23(6-3-11-28-24)34-16-18-9-12-27-13-10-18/h2-15,30H,16H2,1H3,(H,28,29,31). The number of hydrogen-bond donors (Lipinski definition) is 2. The highest BCUT2D eigenvalue weighted by molar-refractivity contribution is 7.92. The zero-order valence-corrected chi connectivity index (χ0v) is 19.4. The average molecular weight is 493 g/mol. The lowest BCUT2D eigenvalue weighted by Gasteiger charge is -2.12. The van der Waals surface area contributed by atoms with Crippen LogP contribution in [0.2, 0.25) is 0 Å². The van der Waals surface area contributed by atoms with Crippen LogP contribution in [0.15, 0.2) is 90.2 Å². The minimum absolute atomic E-state index is 0.147. The van der Waals surface area contributed by atoms with Gasteiger partial charge in [-0.2, -0.15) is 0 Å². The van der Waals surface area contributed by atoms with Crippen LogP contribution >= 0.6 is 0 Å². The lowest BCUT2D eigenvalue weighted by atomic mass is 10.2. The number of benzene rings is 2. The topological polar surface area (TPSA) is 110 Å². The Morgan fingerprint density at radius 2 is 1.80 bits per heavy atom. The second kappa shape index (κ2) is 10.3. The number of halogens is 1. The third-order valence-electron chi connectivity index (χ3n) is 4.98. The molecule has 0 aliphatic carbocycles. The fraction of sp³-hybridized carbons (Fsp3) is 0.0800. The van der Waals surface area contributed by atoms with Gasteiger partial charge in [0.1, 0.15) is 12.4 Å². The largest absolute Gasteiger partial charge is 0.485 e. The van der Waals surface area contributed by atoms with Crippen LogP contribution in [0.1, 0.15) is 21.5 Å². The maximum Gasteiger partial charge on any atom is 0.261 e. The Bertz CT molecular complexity index is 1460. The van der Waals surface area contributed by atoms with E-state index in [9.17, 15) is 17.6 Å². The van der Waals surface area contributed by atoms with Crippen LogP contribution in [0.5, 0.6) is 5.75 Å². The van der Waals surface area contributed by atoms with Crippen LogP contribution in [0.3, 0.4) is 0 Å². The van der Waals surface area contributed by atoms with E-state index in [0.717, 1.165) is 11.6 Å². The number of nitrogens with zero attached hydrogens (tertiary/aromatic N) is 2. The highest BCUT2D eigenvalue weighted by Gasteiger charge is 2.17. The Morgan fingerprint density at radius 1 is 1.00 bits per heavy atom. The second-order valence-corrected chi connectivity index (χ2v) is 9.23. The summed E-state index contributed by atoms with van der Waals surface area (Å²) < 4.78 is 47.3. The van der Waals surface area contributed by atoms with Crippen molar-refractivity contribution < 1.29 is 22.3 Å². The van der Waals surface area contributed by atoms with Gasteiger partial charge in [0, 0.05) is 29.8 Å². The third kappa shape index (κ3) is 5.98. The summed E-state index contributed by atoms with van der Waals surface area (Å²) in [5, 5.41) is 2.68. The molecule has 0 saturated carbocycles. The van der Waals surface area contributed by atoms with Crippen molar-refractivity contribution in [3.8, 4) is 5.75 Å². The van der Waals surface area contributed by atoms with Crippen molar-refractivity contribution in [2.45, 2.75) is 18.4 Å².